The third kappa shape index (κ3) is 2.02. The van der Waals surface area contributed by atoms with Crippen molar-refractivity contribution in [1.82, 2.24) is 4.98 Å². The molecule has 0 fully saturated rings. The second kappa shape index (κ2) is 4.34. The van der Waals surface area contributed by atoms with Crippen LogP contribution in [0.5, 0.6) is 0 Å². The molecule has 17 heavy (non-hydrogen) atoms. The molecule has 0 aliphatic rings. The minimum Gasteiger partial charge on any atom is -0.261 e. The Hall–Kier alpha value is -2.21. The molecule has 84 valence electrons. The average Bonchev–Trinajstić information content (AvgIpc) is 2.33. The summed E-state index contributed by atoms with van der Waals surface area (Å²) in [5, 5.41) is 9.09. The molecule has 0 aliphatic heterocycles. The van der Waals surface area contributed by atoms with Crippen molar-refractivity contribution in [2.75, 3.05) is 0 Å². The van der Waals surface area contributed by atoms with E-state index in [2.05, 4.69) is 11.1 Å². The number of nitriles is 1. The van der Waals surface area contributed by atoms with E-state index < -0.39 is 0 Å². The summed E-state index contributed by atoms with van der Waals surface area (Å²) in [6.45, 7) is 3.49. The van der Waals surface area contributed by atoms with Gasteiger partial charge in [-0.1, -0.05) is 6.07 Å². The Kier molecular flexibility index (Phi) is 2.88. The average molecular weight is 226 g/mol. The van der Waals surface area contributed by atoms with E-state index in [4.69, 9.17) is 5.26 Å². The molecule has 0 radical (unpaired) electrons. The first kappa shape index (κ1) is 11.3. The number of rotatable bonds is 1. The van der Waals surface area contributed by atoms with Crippen molar-refractivity contribution >= 4 is 0 Å². The van der Waals surface area contributed by atoms with Gasteiger partial charge in [-0.25, -0.2) is 4.39 Å². The molecule has 2 nitrogen and oxygen atoms in total. The number of halogens is 1. The summed E-state index contributed by atoms with van der Waals surface area (Å²) in [4.78, 5) is 4.15. The van der Waals surface area contributed by atoms with Gasteiger partial charge in [-0.2, -0.15) is 5.26 Å². The number of hydrogen-bond donors (Lipinski definition) is 0. The zero-order valence-corrected chi connectivity index (χ0v) is 9.66. The Bertz CT molecular complexity index is 612. The highest BCUT2D eigenvalue weighted by molar-refractivity contribution is 5.72. The smallest absolute Gasteiger partial charge is 0.126 e. The molecule has 1 aromatic carbocycles. The Labute approximate surface area is 99.4 Å². The molecule has 1 aromatic heterocycles. The molecule has 1 heterocycles. The van der Waals surface area contributed by atoms with Gasteiger partial charge in [-0.3, -0.25) is 4.98 Å². The molecule has 0 atom stereocenters. The first-order chi connectivity index (χ1) is 8.13. The summed E-state index contributed by atoms with van der Waals surface area (Å²) >= 11 is 0. The SMILES string of the molecule is Cc1cc(C#N)c(-c2cccnc2C)cc1F. The summed E-state index contributed by atoms with van der Waals surface area (Å²) in [5.41, 5.74) is 3.13. The van der Waals surface area contributed by atoms with Gasteiger partial charge in [0.15, 0.2) is 0 Å². The maximum atomic E-state index is 13.6. The molecule has 2 aromatic rings. The zero-order valence-electron chi connectivity index (χ0n) is 9.66. The Morgan fingerprint density at radius 3 is 2.65 bits per heavy atom. The summed E-state index contributed by atoms with van der Waals surface area (Å²) in [5.74, 6) is -0.303. The van der Waals surface area contributed by atoms with E-state index in [1.54, 1.807) is 25.3 Å². The minimum absolute atomic E-state index is 0.303. The molecule has 0 aliphatic carbocycles. The van der Waals surface area contributed by atoms with Crippen LogP contribution in [-0.4, -0.2) is 4.98 Å². The van der Waals surface area contributed by atoms with Gasteiger partial charge in [0.05, 0.1) is 11.6 Å². The Morgan fingerprint density at radius 2 is 2.00 bits per heavy atom. The predicted molar refractivity (Wildman–Crippen MR) is 63.8 cm³/mol. The van der Waals surface area contributed by atoms with Gasteiger partial charge in [0.1, 0.15) is 5.82 Å². The monoisotopic (exact) mass is 226 g/mol. The summed E-state index contributed by atoms with van der Waals surface area (Å²) < 4.78 is 13.6. The lowest BCUT2D eigenvalue weighted by Gasteiger charge is -2.08. The summed E-state index contributed by atoms with van der Waals surface area (Å²) in [6, 6.07) is 8.68. The normalized spacial score (nSPS) is 10.0. The second-order valence-corrected chi connectivity index (χ2v) is 3.90. The molecule has 0 saturated heterocycles. The highest BCUT2D eigenvalue weighted by atomic mass is 19.1. The molecular weight excluding hydrogens is 215 g/mol. The minimum atomic E-state index is -0.303. The number of nitrogens with zero attached hydrogens (tertiary/aromatic N) is 2. The zero-order chi connectivity index (χ0) is 12.4. The fraction of sp³-hybridized carbons (Fsp3) is 0.143. The highest BCUT2D eigenvalue weighted by Crippen LogP contribution is 2.27. The fourth-order valence-electron chi connectivity index (χ4n) is 1.77. The molecule has 0 spiro atoms. The summed E-state index contributed by atoms with van der Waals surface area (Å²) in [7, 11) is 0. The van der Waals surface area contributed by atoms with Gasteiger partial charge < -0.3 is 0 Å². The van der Waals surface area contributed by atoms with Crippen molar-refractivity contribution in [2.24, 2.45) is 0 Å². The Morgan fingerprint density at radius 1 is 1.24 bits per heavy atom. The van der Waals surface area contributed by atoms with Crippen LogP contribution in [0.15, 0.2) is 30.5 Å². The molecule has 3 heteroatoms. The van der Waals surface area contributed by atoms with Gasteiger partial charge in [-0.15, -0.1) is 0 Å². The largest absolute Gasteiger partial charge is 0.261 e. The predicted octanol–water partition coefficient (Wildman–Crippen LogP) is 3.38. The van der Waals surface area contributed by atoms with Crippen LogP contribution < -0.4 is 0 Å². The molecule has 0 amide bonds. The van der Waals surface area contributed by atoms with Crippen LogP contribution >= 0.6 is 0 Å². The number of aryl methyl sites for hydroxylation is 2. The third-order valence-electron chi connectivity index (χ3n) is 2.72. The fourth-order valence-corrected chi connectivity index (χ4v) is 1.77. The number of benzene rings is 1. The van der Waals surface area contributed by atoms with Crippen molar-refractivity contribution in [3.05, 3.63) is 53.1 Å². The van der Waals surface area contributed by atoms with Gasteiger partial charge in [0.25, 0.3) is 0 Å². The van der Waals surface area contributed by atoms with Crippen LogP contribution in [0.3, 0.4) is 0 Å². The van der Waals surface area contributed by atoms with Crippen LogP contribution in [-0.2, 0) is 0 Å². The summed E-state index contributed by atoms with van der Waals surface area (Å²) in [6.07, 6.45) is 1.68. The maximum absolute atomic E-state index is 13.6. The van der Waals surface area contributed by atoms with E-state index in [-0.39, 0.29) is 5.82 Å². The Balaban J connectivity index is 2.72. The van der Waals surface area contributed by atoms with E-state index in [1.165, 1.54) is 6.07 Å². The van der Waals surface area contributed by atoms with Crippen molar-refractivity contribution in [1.29, 1.82) is 5.26 Å². The lowest BCUT2D eigenvalue weighted by Crippen LogP contribution is -1.93. The quantitative estimate of drug-likeness (QED) is 0.747. The molecule has 0 bridgehead atoms. The van der Waals surface area contributed by atoms with Crippen LogP contribution in [0.1, 0.15) is 16.8 Å². The standard InChI is InChI=1S/C14H11FN2/c1-9-6-11(8-16)13(7-14(9)15)12-4-3-5-17-10(12)2/h3-7H,1-2H3. The van der Waals surface area contributed by atoms with E-state index in [1.807, 2.05) is 13.0 Å². The van der Waals surface area contributed by atoms with Crippen molar-refractivity contribution in [2.45, 2.75) is 13.8 Å². The van der Waals surface area contributed by atoms with Gasteiger partial charge in [0.2, 0.25) is 0 Å². The van der Waals surface area contributed by atoms with Gasteiger partial charge in [0, 0.05) is 23.0 Å². The third-order valence-corrected chi connectivity index (χ3v) is 2.72. The van der Waals surface area contributed by atoms with Crippen LogP contribution in [0.4, 0.5) is 4.39 Å². The van der Waals surface area contributed by atoms with Crippen LogP contribution in [0.25, 0.3) is 11.1 Å². The molecule has 0 unspecified atom stereocenters. The van der Waals surface area contributed by atoms with Crippen LogP contribution in [0.2, 0.25) is 0 Å². The first-order valence-corrected chi connectivity index (χ1v) is 5.25. The molecule has 2 rings (SSSR count). The van der Waals surface area contributed by atoms with E-state index >= 15 is 0 Å². The number of aromatic nitrogens is 1. The lowest BCUT2D eigenvalue weighted by atomic mass is 9.97. The van der Waals surface area contributed by atoms with Crippen molar-refractivity contribution in [3.8, 4) is 17.2 Å². The topological polar surface area (TPSA) is 36.7 Å². The van der Waals surface area contributed by atoms with E-state index in [0.717, 1.165) is 11.3 Å². The second-order valence-electron chi connectivity index (χ2n) is 3.90. The van der Waals surface area contributed by atoms with Crippen molar-refractivity contribution < 1.29 is 4.39 Å². The van der Waals surface area contributed by atoms with Crippen molar-refractivity contribution in [3.63, 3.8) is 0 Å². The number of hydrogen-bond acceptors (Lipinski definition) is 2. The molecule has 0 N–H and O–H groups in total. The molecule has 0 saturated carbocycles. The van der Waals surface area contributed by atoms with E-state index in [0.29, 0.717) is 16.7 Å². The van der Waals surface area contributed by atoms with Gasteiger partial charge >= 0.3 is 0 Å². The maximum Gasteiger partial charge on any atom is 0.126 e. The highest BCUT2D eigenvalue weighted by Gasteiger charge is 2.11. The van der Waals surface area contributed by atoms with Crippen LogP contribution in [0, 0.1) is 31.0 Å². The van der Waals surface area contributed by atoms with Gasteiger partial charge in [-0.05, 0) is 37.6 Å². The van der Waals surface area contributed by atoms with E-state index in [9.17, 15) is 4.39 Å². The molecular formula is C14H11FN2. The first-order valence-electron chi connectivity index (χ1n) is 5.25. The lowest BCUT2D eigenvalue weighted by molar-refractivity contribution is 0.619. The number of pyridine rings is 1.